The van der Waals surface area contributed by atoms with Gasteiger partial charge in [0.05, 0.1) is 15.7 Å². The summed E-state index contributed by atoms with van der Waals surface area (Å²) in [6, 6.07) is 6.19. The molecule has 1 N–H and O–H groups in total. The van der Waals surface area contributed by atoms with Gasteiger partial charge in [-0.3, -0.25) is 4.79 Å². The summed E-state index contributed by atoms with van der Waals surface area (Å²) < 4.78 is 1.09. The van der Waals surface area contributed by atoms with Crippen LogP contribution in [0.3, 0.4) is 0 Å². The van der Waals surface area contributed by atoms with Gasteiger partial charge in [-0.2, -0.15) is 0 Å². The Bertz CT molecular complexity index is 722. The van der Waals surface area contributed by atoms with Gasteiger partial charge in [-0.15, -0.1) is 36.2 Å². The van der Waals surface area contributed by atoms with Gasteiger partial charge in [-0.05, 0) is 48.8 Å². The highest BCUT2D eigenvalue weighted by atomic mass is 35.5. The molecule has 4 aliphatic rings. The average Bonchev–Trinajstić information content (AvgIpc) is 2.97. The minimum Gasteiger partial charge on any atom is -0.349 e. The highest BCUT2D eigenvalue weighted by molar-refractivity contribution is 7.16. The summed E-state index contributed by atoms with van der Waals surface area (Å²) in [6.45, 7) is 3.63. The van der Waals surface area contributed by atoms with Crippen LogP contribution in [0.4, 0.5) is 0 Å². The highest BCUT2D eigenvalue weighted by Crippen LogP contribution is 2.43. The molecule has 1 saturated carbocycles. The van der Waals surface area contributed by atoms with Crippen molar-refractivity contribution in [2.45, 2.75) is 18.9 Å². The van der Waals surface area contributed by atoms with Crippen molar-refractivity contribution in [3.05, 3.63) is 29.3 Å². The van der Waals surface area contributed by atoms with Gasteiger partial charge in [0.25, 0.3) is 5.91 Å². The molecular weight excluding hydrogens is 365 g/mol. The number of amides is 1. The average molecular weight is 386 g/mol. The molecule has 7 heteroatoms. The maximum absolute atomic E-state index is 12.7. The first kappa shape index (κ1) is 17.9. The third-order valence-corrected chi connectivity index (χ3v) is 6.47. The minimum atomic E-state index is 0. The van der Waals surface area contributed by atoms with Gasteiger partial charge in [0.1, 0.15) is 0 Å². The fourth-order valence-electron chi connectivity index (χ4n) is 4.87. The molecule has 6 rings (SSSR count). The van der Waals surface area contributed by atoms with E-state index in [1.807, 2.05) is 23.7 Å². The largest absolute Gasteiger partial charge is 0.349 e. The Kier molecular flexibility index (Phi) is 5.07. The Labute approximate surface area is 157 Å². The van der Waals surface area contributed by atoms with E-state index in [-0.39, 0.29) is 30.7 Å². The van der Waals surface area contributed by atoms with Crippen LogP contribution < -0.4 is 5.32 Å². The van der Waals surface area contributed by atoms with Crippen molar-refractivity contribution in [2.75, 3.05) is 19.6 Å². The van der Waals surface area contributed by atoms with E-state index >= 15 is 0 Å². The van der Waals surface area contributed by atoms with Crippen molar-refractivity contribution in [1.82, 2.24) is 15.2 Å². The third kappa shape index (κ3) is 2.92. The lowest BCUT2D eigenvalue weighted by molar-refractivity contribution is -0.0418. The molecule has 4 bridgehead atoms. The predicted octanol–water partition coefficient (Wildman–Crippen LogP) is 3.21. The van der Waals surface area contributed by atoms with Crippen LogP contribution in [0.1, 0.15) is 23.2 Å². The van der Waals surface area contributed by atoms with Crippen molar-refractivity contribution < 1.29 is 4.79 Å². The molecule has 0 radical (unpaired) electrons. The lowest BCUT2D eigenvalue weighted by atomic mass is 9.65. The Hall–Kier alpha value is -0.880. The number of rotatable bonds is 2. The van der Waals surface area contributed by atoms with Crippen molar-refractivity contribution in [3.8, 4) is 0 Å². The van der Waals surface area contributed by atoms with E-state index < -0.39 is 0 Å². The first-order valence-electron chi connectivity index (χ1n) is 8.13. The number of carbonyl (C=O) groups is 1. The molecule has 2 unspecified atom stereocenters. The minimum absolute atomic E-state index is 0. The molecule has 1 amide bonds. The molecule has 2 atom stereocenters. The number of thiazole rings is 1. The maximum atomic E-state index is 12.7. The van der Waals surface area contributed by atoms with Crippen LogP contribution in [0.15, 0.2) is 23.7 Å². The van der Waals surface area contributed by atoms with E-state index in [1.54, 1.807) is 11.3 Å². The maximum Gasteiger partial charge on any atom is 0.251 e. The van der Waals surface area contributed by atoms with E-state index in [0.717, 1.165) is 21.7 Å². The number of hydrogen-bond donors (Lipinski definition) is 1. The van der Waals surface area contributed by atoms with Gasteiger partial charge in [0.15, 0.2) is 0 Å². The number of nitrogens with zero attached hydrogens (tertiary/aromatic N) is 2. The quantitative estimate of drug-likeness (QED) is 0.862. The van der Waals surface area contributed by atoms with Gasteiger partial charge in [0.2, 0.25) is 0 Å². The SMILES string of the molecule is Cl.Cl.O=C(NC1C2CC3CC1CN(C3)C2)c1ccc2ncsc2c1. The number of aromatic nitrogens is 1. The molecule has 0 spiro atoms. The van der Waals surface area contributed by atoms with Crippen LogP contribution in [0.25, 0.3) is 10.2 Å². The summed E-state index contributed by atoms with van der Waals surface area (Å²) in [4.78, 5) is 19.5. The van der Waals surface area contributed by atoms with E-state index in [0.29, 0.717) is 17.9 Å². The second-order valence-corrected chi connectivity index (χ2v) is 8.00. The molecule has 24 heavy (non-hydrogen) atoms. The lowest BCUT2D eigenvalue weighted by Gasteiger charge is -2.55. The van der Waals surface area contributed by atoms with E-state index in [1.165, 1.54) is 32.5 Å². The van der Waals surface area contributed by atoms with Crippen LogP contribution in [0.2, 0.25) is 0 Å². The van der Waals surface area contributed by atoms with E-state index in [2.05, 4.69) is 15.2 Å². The van der Waals surface area contributed by atoms with Crippen molar-refractivity contribution >= 4 is 52.3 Å². The molecule has 4 heterocycles. The fraction of sp³-hybridized carbons (Fsp3) is 0.529. The molecular formula is C17H21Cl2N3OS. The van der Waals surface area contributed by atoms with E-state index in [9.17, 15) is 4.79 Å². The Morgan fingerprint density at radius 1 is 1.17 bits per heavy atom. The molecule has 3 saturated heterocycles. The molecule has 1 aliphatic carbocycles. The predicted molar refractivity (Wildman–Crippen MR) is 102 cm³/mol. The molecule has 1 aromatic carbocycles. The standard InChI is InChI=1S/C17H19N3OS.2ClH/c21-17(11-1-2-14-15(5-11)22-9-18-14)19-16-12-3-10-4-13(16)8-20(6-10)7-12;;/h1-2,5,9-10,12-13,16H,3-4,6-8H2,(H,19,21);2*1H. The van der Waals surface area contributed by atoms with Crippen LogP contribution in [0.5, 0.6) is 0 Å². The van der Waals surface area contributed by atoms with E-state index in [4.69, 9.17) is 0 Å². The smallest absolute Gasteiger partial charge is 0.251 e. The third-order valence-electron chi connectivity index (χ3n) is 5.68. The first-order valence-corrected chi connectivity index (χ1v) is 9.01. The van der Waals surface area contributed by atoms with Crippen LogP contribution in [-0.2, 0) is 0 Å². The number of benzene rings is 1. The monoisotopic (exact) mass is 385 g/mol. The number of hydrogen-bond acceptors (Lipinski definition) is 4. The number of halogens is 2. The van der Waals surface area contributed by atoms with Gasteiger partial charge in [0, 0.05) is 31.2 Å². The Balaban J connectivity index is 0.000000845. The summed E-state index contributed by atoms with van der Waals surface area (Å²) in [5, 5.41) is 3.35. The summed E-state index contributed by atoms with van der Waals surface area (Å²) in [5.74, 6) is 2.27. The second kappa shape index (κ2) is 6.79. The number of nitrogens with one attached hydrogen (secondary N) is 1. The number of carbonyl (C=O) groups excluding carboxylic acids is 1. The zero-order chi connectivity index (χ0) is 14.7. The molecule has 1 aromatic heterocycles. The van der Waals surface area contributed by atoms with Crippen molar-refractivity contribution in [3.63, 3.8) is 0 Å². The topological polar surface area (TPSA) is 45.2 Å². The van der Waals surface area contributed by atoms with Crippen molar-refractivity contribution in [1.29, 1.82) is 0 Å². The Morgan fingerprint density at radius 2 is 1.92 bits per heavy atom. The molecule has 3 aliphatic heterocycles. The second-order valence-electron chi connectivity index (χ2n) is 7.11. The lowest BCUT2D eigenvalue weighted by Crippen LogP contribution is -2.64. The number of fused-ring (bicyclic) bond motifs is 1. The summed E-state index contributed by atoms with van der Waals surface area (Å²) in [6.07, 6.45) is 2.59. The highest BCUT2D eigenvalue weighted by Gasteiger charge is 2.47. The van der Waals surface area contributed by atoms with Crippen LogP contribution >= 0.6 is 36.2 Å². The Morgan fingerprint density at radius 3 is 2.62 bits per heavy atom. The normalized spacial score (nSPS) is 32.9. The molecule has 4 fully saturated rings. The summed E-state index contributed by atoms with van der Waals surface area (Å²) in [7, 11) is 0. The molecule has 4 nitrogen and oxygen atoms in total. The van der Waals surface area contributed by atoms with Gasteiger partial charge >= 0.3 is 0 Å². The van der Waals surface area contributed by atoms with Crippen LogP contribution in [0, 0.1) is 17.8 Å². The van der Waals surface area contributed by atoms with Gasteiger partial charge in [-0.25, -0.2) is 4.98 Å². The molecule has 2 aromatic rings. The summed E-state index contributed by atoms with van der Waals surface area (Å²) in [5.41, 5.74) is 3.58. The summed E-state index contributed by atoms with van der Waals surface area (Å²) >= 11 is 1.59. The van der Waals surface area contributed by atoms with Crippen molar-refractivity contribution in [2.24, 2.45) is 17.8 Å². The fourth-order valence-corrected chi connectivity index (χ4v) is 5.59. The zero-order valence-electron chi connectivity index (χ0n) is 13.2. The molecule has 130 valence electrons. The zero-order valence-corrected chi connectivity index (χ0v) is 15.6. The van der Waals surface area contributed by atoms with Crippen LogP contribution in [-0.4, -0.2) is 41.5 Å². The first-order chi connectivity index (χ1) is 10.8. The van der Waals surface area contributed by atoms with Gasteiger partial charge in [-0.1, -0.05) is 0 Å². The van der Waals surface area contributed by atoms with Gasteiger partial charge < -0.3 is 10.2 Å². The number of piperidine rings is 3.